The molecule has 0 aliphatic rings. The van der Waals surface area contributed by atoms with Crippen LogP contribution in [0.1, 0.15) is 17.3 Å². The Balaban J connectivity index is 2.48. The Morgan fingerprint density at radius 2 is 2.10 bits per heavy atom. The molecule has 8 heteroatoms. The Labute approximate surface area is 120 Å². The summed E-state index contributed by atoms with van der Waals surface area (Å²) in [6.07, 6.45) is 4.07. The number of pyridine rings is 2. The molecule has 0 saturated heterocycles. The van der Waals surface area contributed by atoms with Crippen molar-refractivity contribution in [3.63, 3.8) is 0 Å². The minimum Gasteiger partial charge on any atom is -0.384 e. The van der Waals surface area contributed by atoms with Gasteiger partial charge in [0.2, 0.25) is 0 Å². The summed E-state index contributed by atoms with van der Waals surface area (Å²) in [6.45, 7) is 2.12. The van der Waals surface area contributed by atoms with Gasteiger partial charge >= 0.3 is 0 Å². The van der Waals surface area contributed by atoms with Crippen LogP contribution in [0.15, 0.2) is 36.8 Å². The first-order chi connectivity index (χ1) is 10.0. The smallest absolute Gasteiger partial charge is 0.300 e. The number of anilines is 2. The van der Waals surface area contributed by atoms with Gasteiger partial charge in [0.25, 0.3) is 11.6 Å². The lowest BCUT2D eigenvalue weighted by Gasteiger charge is -2.20. The number of hydrogen-bond donors (Lipinski definition) is 1. The summed E-state index contributed by atoms with van der Waals surface area (Å²) in [5.41, 5.74) is 5.67. The van der Waals surface area contributed by atoms with Crippen LogP contribution < -0.4 is 10.6 Å². The van der Waals surface area contributed by atoms with Crippen LogP contribution in [-0.2, 0) is 0 Å². The summed E-state index contributed by atoms with van der Waals surface area (Å²) >= 11 is 0. The van der Waals surface area contributed by atoms with Crippen molar-refractivity contribution in [2.75, 3.05) is 17.2 Å². The standard InChI is InChI=1S/C13H13N5O3/c1-2-17(9-3-5-15-6-4-9)13(19)10-7-12(14)16-8-11(10)18(20)21/h3-8H,2H2,1H3,(H2,14,16). The maximum atomic E-state index is 12.6. The summed E-state index contributed by atoms with van der Waals surface area (Å²) < 4.78 is 0. The van der Waals surface area contributed by atoms with E-state index in [1.54, 1.807) is 31.5 Å². The molecule has 21 heavy (non-hydrogen) atoms. The van der Waals surface area contributed by atoms with Gasteiger partial charge in [-0.3, -0.25) is 19.9 Å². The van der Waals surface area contributed by atoms with Gasteiger partial charge in [-0.2, -0.15) is 0 Å². The van der Waals surface area contributed by atoms with E-state index >= 15 is 0 Å². The lowest BCUT2D eigenvalue weighted by atomic mass is 10.1. The van der Waals surface area contributed by atoms with Gasteiger partial charge in [0, 0.05) is 24.6 Å². The number of carbonyl (C=O) groups excluding carboxylic acids is 1. The molecule has 108 valence electrons. The first-order valence-electron chi connectivity index (χ1n) is 6.16. The molecule has 2 aromatic rings. The second kappa shape index (κ2) is 5.95. The van der Waals surface area contributed by atoms with Crippen molar-refractivity contribution in [3.05, 3.63) is 52.5 Å². The third-order valence-electron chi connectivity index (χ3n) is 2.87. The molecule has 0 spiro atoms. The zero-order valence-electron chi connectivity index (χ0n) is 11.3. The van der Waals surface area contributed by atoms with Gasteiger partial charge in [0.1, 0.15) is 17.6 Å². The Morgan fingerprint density at radius 3 is 2.67 bits per heavy atom. The second-order valence-corrected chi connectivity index (χ2v) is 4.14. The summed E-state index contributed by atoms with van der Waals surface area (Å²) in [5, 5.41) is 11.0. The third-order valence-corrected chi connectivity index (χ3v) is 2.87. The molecule has 2 aromatic heterocycles. The average Bonchev–Trinajstić information content (AvgIpc) is 2.48. The number of carbonyl (C=O) groups is 1. The van der Waals surface area contributed by atoms with Crippen LogP contribution in [0.5, 0.6) is 0 Å². The van der Waals surface area contributed by atoms with E-state index in [-0.39, 0.29) is 17.1 Å². The summed E-state index contributed by atoms with van der Waals surface area (Å²) in [5.74, 6) is -0.459. The van der Waals surface area contributed by atoms with Gasteiger partial charge in [0.05, 0.1) is 4.92 Å². The molecule has 0 aliphatic carbocycles. The zero-order chi connectivity index (χ0) is 15.4. The minimum absolute atomic E-state index is 0.0507. The first-order valence-corrected chi connectivity index (χ1v) is 6.16. The molecule has 2 heterocycles. The van der Waals surface area contributed by atoms with Crippen LogP contribution in [-0.4, -0.2) is 27.3 Å². The highest BCUT2D eigenvalue weighted by Gasteiger charge is 2.25. The Kier molecular flexibility index (Phi) is 4.07. The molecule has 0 aromatic carbocycles. The van der Waals surface area contributed by atoms with Crippen LogP contribution in [0, 0.1) is 10.1 Å². The Bertz CT molecular complexity index is 675. The number of aromatic nitrogens is 2. The van der Waals surface area contributed by atoms with Gasteiger partial charge in [-0.25, -0.2) is 4.98 Å². The first kappa shape index (κ1) is 14.4. The maximum Gasteiger partial charge on any atom is 0.300 e. The Morgan fingerprint density at radius 1 is 1.43 bits per heavy atom. The summed E-state index contributed by atoms with van der Waals surface area (Å²) in [6, 6.07) is 4.51. The summed E-state index contributed by atoms with van der Waals surface area (Å²) in [7, 11) is 0. The molecule has 0 unspecified atom stereocenters. The molecule has 0 saturated carbocycles. The van der Waals surface area contributed by atoms with Crippen molar-refractivity contribution in [3.8, 4) is 0 Å². The molecule has 8 nitrogen and oxygen atoms in total. The predicted molar refractivity (Wildman–Crippen MR) is 76.9 cm³/mol. The summed E-state index contributed by atoms with van der Waals surface area (Å²) in [4.78, 5) is 31.9. The topological polar surface area (TPSA) is 115 Å². The van der Waals surface area contributed by atoms with Gasteiger partial charge in [-0.1, -0.05) is 0 Å². The highest BCUT2D eigenvalue weighted by atomic mass is 16.6. The third kappa shape index (κ3) is 2.94. The fourth-order valence-electron chi connectivity index (χ4n) is 1.89. The monoisotopic (exact) mass is 287 g/mol. The molecule has 0 radical (unpaired) electrons. The molecule has 0 fully saturated rings. The number of nitrogen functional groups attached to an aromatic ring is 1. The normalized spacial score (nSPS) is 10.1. The highest BCUT2D eigenvalue weighted by molar-refractivity contribution is 6.08. The average molecular weight is 287 g/mol. The van der Waals surface area contributed by atoms with E-state index in [0.717, 1.165) is 6.20 Å². The molecule has 2 rings (SSSR count). The van der Waals surface area contributed by atoms with Crippen molar-refractivity contribution in [1.29, 1.82) is 0 Å². The van der Waals surface area contributed by atoms with Crippen LogP contribution >= 0.6 is 0 Å². The number of nitro groups is 1. The van der Waals surface area contributed by atoms with E-state index in [2.05, 4.69) is 9.97 Å². The van der Waals surface area contributed by atoms with E-state index in [1.807, 2.05) is 0 Å². The Hall–Kier alpha value is -3.03. The van der Waals surface area contributed by atoms with Gasteiger partial charge in [0.15, 0.2) is 0 Å². The maximum absolute atomic E-state index is 12.6. The van der Waals surface area contributed by atoms with Crippen LogP contribution in [0.2, 0.25) is 0 Å². The van der Waals surface area contributed by atoms with Crippen LogP contribution in [0.4, 0.5) is 17.2 Å². The number of amides is 1. The van der Waals surface area contributed by atoms with Crippen molar-refractivity contribution in [2.45, 2.75) is 6.92 Å². The van der Waals surface area contributed by atoms with E-state index in [4.69, 9.17) is 5.73 Å². The van der Waals surface area contributed by atoms with Crippen molar-refractivity contribution in [1.82, 2.24) is 9.97 Å². The van der Waals surface area contributed by atoms with Crippen LogP contribution in [0.3, 0.4) is 0 Å². The fourth-order valence-corrected chi connectivity index (χ4v) is 1.89. The number of rotatable bonds is 4. The lowest BCUT2D eigenvalue weighted by molar-refractivity contribution is -0.385. The van der Waals surface area contributed by atoms with Crippen molar-refractivity contribution in [2.24, 2.45) is 0 Å². The van der Waals surface area contributed by atoms with Crippen LogP contribution in [0.25, 0.3) is 0 Å². The molecule has 0 bridgehead atoms. The van der Waals surface area contributed by atoms with Crippen molar-refractivity contribution >= 4 is 23.1 Å². The SMILES string of the molecule is CCN(C(=O)c1cc(N)ncc1[N+](=O)[O-])c1ccncc1. The molecular weight excluding hydrogens is 274 g/mol. The van der Waals surface area contributed by atoms with Crippen molar-refractivity contribution < 1.29 is 9.72 Å². The highest BCUT2D eigenvalue weighted by Crippen LogP contribution is 2.23. The van der Waals surface area contributed by atoms with E-state index in [9.17, 15) is 14.9 Å². The molecular formula is C13H13N5O3. The lowest BCUT2D eigenvalue weighted by Crippen LogP contribution is -2.31. The minimum atomic E-state index is -0.653. The second-order valence-electron chi connectivity index (χ2n) is 4.14. The molecule has 0 aliphatic heterocycles. The number of nitrogens with two attached hydrogens (primary N) is 1. The van der Waals surface area contributed by atoms with E-state index < -0.39 is 10.8 Å². The van der Waals surface area contributed by atoms with E-state index in [0.29, 0.717) is 12.2 Å². The van der Waals surface area contributed by atoms with Gasteiger partial charge in [-0.15, -0.1) is 0 Å². The quantitative estimate of drug-likeness (QED) is 0.675. The number of nitrogens with zero attached hydrogens (tertiary/aromatic N) is 4. The molecule has 2 N–H and O–H groups in total. The molecule has 1 amide bonds. The largest absolute Gasteiger partial charge is 0.384 e. The predicted octanol–water partition coefficient (Wildman–Crippen LogP) is 1.63. The van der Waals surface area contributed by atoms with Gasteiger partial charge < -0.3 is 10.6 Å². The van der Waals surface area contributed by atoms with Gasteiger partial charge in [-0.05, 0) is 25.1 Å². The zero-order valence-corrected chi connectivity index (χ0v) is 11.3. The van der Waals surface area contributed by atoms with E-state index in [1.165, 1.54) is 11.0 Å². The molecule has 0 atom stereocenters. The fraction of sp³-hybridized carbons (Fsp3) is 0.154. The number of hydrogen-bond acceptors (Lipinski definition) is 6.